The third-order valence-electron chi connectivity index (χ3n) is 5.13. The Balaban J connectivity index is 1.68. The lowest BCUT2D eigenvalue weighted by Gasteiger charge is -2.22. The van der Waals surface area contributed by atoms with Gasteiger partial charge in [-0.3, -0.25) is 14.3 Å². The molecule has 0 aliphatic rings. The summed E-state index contributed by atoms with van der Waals surface area (Å²) >= 11 is 0. The molecule has 0 aliphatic heterocycles. The predicted octanol–water partition coefficient (Wildman–Crippen LogP) is 4.03. The van der Waals surface area contributed by atoms with Crippen molar-refractivity contribution in [1.82, 2.24) is 5.32 Å². The van der Waals surface area contributed by atoms with Crippen LogP contribution in [0, 0.1) is 11.7 Å². The number of nitrogens with one attached hydrogen (secondary N) is 3. The van der Waals surface area contributed by atoms with Crippen LogP contribution in [0.3, 0.4) is 0 Å². The number of hydrogen-bond donors (Lipinski definition) is 3. The van der Waals surface area contributed by atoms with Crippen molar-refractivity contribution >= 4 is 33.2 Å². The van der Waals surface area contributed by atoms with Gasteiger partial charge < -0.3 is 15.4 Å². The van der Waals surface area contributed by atoms with E-state index in [1.54, 1.807) is 38.1 Å². The fourth-order valence-corrected chi connectivity index (χ4v) is 4.27. The van der Waals surface area contributed by atoms with Crippen LogP contribution >= 0.6 is 0 Å². The SMILES string of the molecule is COc1ccc(NS(=O)(=O)c2ccc(NC(=O)[C@H](NC(=O)c3ccccc3F)C(C)C)cc2)cc1. The van der Waals surface area contributed by atoms with Gasteiger partial charge in [0.25, 0.3) is 15.9 Å². The van der Waals surface area contributed by atoms with E-state index in [0.717, 1.165) is 0 Å². The van der Waals surface area contributed by atoms with Crippen LogP contribution in [0.1, 0.15) is 24.2 Å². The molecule has 0 saturated carbocycles. The van der Waals surface area contributed by atoms with Gasteiger partial charge in [0.05, 0.1) is 17.6 Å². The number of rotatable bonds is 9. The number of carbonyl (C=O) groups excluding carboxylic acids is 2. The van der Waals surface area contributed by atoms with Crippen LogP contribution in [0.25, 0.3) is 0 Å². The maximum atomic E-state index is 13.9. The van der Waals surface area contributed by atoms with Crippen molar-refractivity contribution in [3.8, 4) is 5.75 Å². The van der Waals surface area contributed by atoms with Crippen LogP contribution in [0.5, 0.6) is 5.75 Å². The molecule has 0 fully saturated rings. The molecule has 3 rings (SSSR count). The van der Waals surface area contributed by atoms with E-state index in [-0.39, 0.29) is 16.4 Å². The van der Waals surface area contributed by atoms with E-state index in [4.69, 9.17) is 4.74 Å². The summed E-state index contributed by atoms with van der Waals surface area (Å²) in [6, 6.07) is 16.6. The standard InChI is InChI=1S/C25H26FN3O5S/c1-16(2)23(28-24(30)21-6-4-5-7-22(21)26)25(31)27-17-10-14-20(15-11-17)35(32,33)29-18-8-12-19(34-3)13-9-18/h4-16,23,29H,1-3H3,(H,27,31)(H,28,30)/t23-/m1/s1. The lowest BCUT2D eigenvalue weighted by Crippen LogP contribution is -2.47. The number of methoxy groups -OCH3 is 1. The van der Waals surface area contributed by atoms with Crippen LogP contribution in [0.15, 0.2) is 77.7 Å². The smallest absolute Gasteiger partial charge is 0.261 e. The molecule has 0 aromatic heterocycles. The minimum absolute atomic E-state index is 0.000387. The number of hydrogen-bond acceptors (Lipinski definition) is 5. The highest BCUT2D eigenvalue weighted by atomic mass is 32.2. The molecule has 8 nitrogen and oxygen atoms in total. The third-order valence-corrected chi connectivity index (χ3v) is 6.53. The molecular weight excluding hydrogens is 473 g/mol. The first-order valence-electron chi connectivity index (χ1n) is 10.7. The van der Waals surface area contributed by atoms with Crippen molar-refractivity contribution in [2.24, 2.45) is 5.92 Å². The molecule has 3 aromatic carbocycles. The molecule has 3 N–H and O–H groups in total. The first kappa shape index (κ1) is 25.7. The normalized spacial score (nSPS) is 12.0. The second-order valence-electron chi connectivity index (χ2n) is 8.02. The van der Waals surface area contributed by atoms with Crippen molar-refractivity contribution in [2.75, 3.05) is 17.1 Å². The summed E-state index contributed by atoms with van der Waals surface area (Å²) in [5.41, 5.74) is 0.544. The molecule has 184 valence electrons. The molecule has 3 aromatic rings. The van der Waals surface area contributed by atoms with Crippen molar-refractivity contribution in [1.29, 1.82) is 0 Å². The molecule has 0 aliphatic carbocycles. The fourth-order valence-electron chi connectivity index (χ4n) is 3.21. The first-order valence-corrected chi connectivity index (χ1v) is 12.2. The maximum Gasteiger partial charge on any atom is 0.261 e. The Hall–Kier alpha value is -3.92. The zero-order chi connectivity index (χ0) is 25.6. The van der Waals surface area contributed by atoms with Gasteiger partial charge in [-0.25, -0.2) is 12.8 Å². The van der Waals surface area contributed by atoms with Crippen LogP contribution < -0.4 is 20.1 Å². The fraction of sp³-hybridized carbons (Fsp3) is 0.200. The topological polar surface area (TPSA) is 114 Å². The van der Waals surface area contributed by atoms with Gasteiger partial charge in [-0.05, 0) is 66.6 Å². The Kier molecular flexibility index (Phi) is 8.08. The van der Waals surface area contributed by atoms with Crippen molar-refractivity contribution < 1.29 is 27.1 Å². The van der Waals surface area contributed by atoms with E-state index in [0.29, 0.717) is 17.1 Å². The number of amides is 2. The number of benzene rings is 3. The molecule has 1 atom stereocenters. The maximum absolute atomic E-state index is 13.9. The van der Waals surface area contributed by atoms with Gasteiger partial charge in [0.2, 0.25) is 5.91 Å². The Morgan fingerprint density at radius 2 is 1.49 bits per heavy atom. The average molecular weight is 500 g/mol. The van der Waals surface area contributed by atoms with E-state index < -0.39 is 33.7 Å². The molecule has 10 heteroatoms. The minimum atomic E-state index is -3.85. The second-order valence-corrected chi connectivity index (χ2v) is 9.71. The zero-order valence-corrected chi connectivity index (χ0v) is 20.2. The van der Waals surface area contributed by atoms with Gasteiger partial charge in [-0.1, -0.05) is 26.0 Å². The van der Waals surface area contributed by atoms with Gasteiger partial charge >= 0.3 is 0 Å². The third kappa shape index (κ3) is 6.57. The van der Waals surface area contributed by atoms with Gasteiger partial charge in [0, 0.05) is 11.4 Å². The summed E-state index contributed by atoms with van der Waals surface area (Å²) in [4.78, 5) is 25.3. The summed E-state index contributed by atoms with van der Waals surface area (Å²) in [5.74, 6) is -1.61. The van der Waals surface area contributed by atoms with Crippen molar-refractivity contribution in [3.05, 3.63) is 84.2 Å². The molecule has 35 heavy (non-hydrogen) atoms. The highest BCUT2D eigenvalue weighted by Crippen LogP contribution is 2.21. The van der Waals surface area contributed by atoms with Crippen LogP contribution in [0.2, 0.25) is 0 Å². The molecule has 0 spiro atoms. The highest BCUT2D eigenvalue weighted by Gasteiger charge is 2.26. The number of anilines is 2. The van der Waals surface area contributed by atoms with E-state index in [9.17, 15) is 22.4 Å². The van der Waals surface area contributed by atoms with Crippen molar-refractivity contribution in [3.63, 3.8) is 0 Å². The van der Waals surface area contributed by atoms with Crippen molar-refractivity contribution in [2.45, 2.75) is 24.8 Å². The first-order chi connectivity index (χ1) is 16.6. The summed E-state index contributed by atoms with van der Waals surface area (Å²) in [6.07, 6.45) is 0. The van der Waals surface area contributed by atoms with Gasteiger partial charge in [0.1, 0.15) is 17.6 Å². The van der Waals surface area contributed by atoms with Crippen LogP contribution in [0.4, 0.5) is 15.8 Å². The zero-order valence-electron chi connectivity index (χ0n) is 19.4. The molecule has 0 saturated heterocycles. The van der Waals surface area contributed by atoms with E-state index >= 15 is 0 Å². The van der Waals surface area contributed by atoms with Gasteiger partial charge in [0.15, 0.2) is 0 Å². The highest BCUT2D eigenvalue weighted by molar-refractivity contribution is 7.92. The number of ether oxygens (including phenoxy) is 1. The summed E-state index contributed by atoms with van der Waals surface area (Å²) in [5, 5.41) is 5.22. The predicted molar refractivity (Wildman–Crippen MR) is 131 cm³/mol. The van der Waals surface area contributed by atoms with Gasteiger partial charge in [-0.15, -0.1) is 0 Å². The molecule has 0 heterocycles. The Morgan fingerprint density at radius 3 is 2.06 bits per heavy atom. The molecule has 0 unspecified atom stereocenters. The Labute approximate surface area is 203 Å². The summed E-state index contributed by atoms with van der Waals surface area (Å²) < 4.78 is 46.8. The number of carbonyl (C=O) groups is 2. The van der Waals surface area contributed by atoms with E-state index in [2.05, 4.69) is 15.4 Å². The summed E-state index contributed by atoms with van der Waals surface area (Å²) in [6.45, 7) is 3.48. The minimum Gasteiger partial charge on any atom is -0.497 e. The van der Waals surface area contributed by atoms with Crippen LogP contribution in [-0.2, 0) is 14.8 Å². The molecule has 2 amide bonds. The second kappa shape index (κ2) is 11.0. The summed E-state index contributed by atoms with van der Waals surface area (Å²) in [7, 11) is -2.34. The lowest BCUT2D eigenvalue weighted by molar-refractivity contribution is -0.118. The van der Waals surface area contributed by atoms with E-state index in [1.807, 2.05) is 0 Å². The van der Waals surface area contributed by atoms with Gasteiger partial charge in [-0.2, -0.15) is 0 Å². The van der Waals surface area contributed by atoms with Crippen LogP contribution in [-0.4, -0.2) is 33.4 Å². The Morgan fingerprint density at radius 1 is 0.886 bits per heavy atom. The molecular formula is C25H26FN3O5S. The lowest BCUT2D eigenvalue weighted by atomic mass is 10.0. The van der Waals surface area contributed by atoms with E-state index in [1.165, 1.54) is 55.6 Å². The number of halogens is 1. The molecule has 0 bridgehead atoms. The quantitative estimate of drug-likeness (QED) is 0.411. The molecule has 0 radical (unpaired) electrons. The number of sulfonamides is 1. The largest absolute Gasteiger partial charge is 0.497 e. The Bertz CT molecular complexity index is 1290. The monoisotopic (exact) mass is 499 g/mol. The average Bonchev–Trinajstić information content (AvgIpc) is 2.83.